The average Bonchev–Trinajstić information content (AvgIpc) is 2.77. The molecule has 0 fully saturated rings. The molecule has 1 aromatic heterocycles. The van der Waals surface area contributed by atoms with Gasteiger partial charge in [0.1, 0.15) is 9.90 Å². The Balaban J connectivity index is 2.31. The highest BCUT2D eigenvalue weighted by Crippen LogP contribution is 2.28. The molecule has 0 aliphatic rings. The van der Waals surface area contributed by atoms with Crippen molar-refractivity contribution in [1.82, 2.24) is 0 Å². The van der Waals surface area contributed by atoms with Gasteiger partial charge in [0.25, 0.3) is 5.91 Å². The molecule has 1 amide bonds. The zero-order valence-corrected chi connectivity index (χ0v) is 12.1. The van der Waals surface area contributed by atoms with Gasteiger partial charge in [-0.05, 0) is 30.0 Å². The molecule has 0 radical (unpaired) electrons. The van der Waals surface area contributed by atoms with Crippen molar-refractivity contribution in [3.05, 3.63) is 46.8 Å². The van der Waals surface area contributed by atoms with Crippen LogP contribution in [0.15, 0.2) is 40.6 Å². The SMILES string of the molecule is Cc1ccccc1C(=O)Nc1sccc1S(C)(=O)=O. The van der Waals surface area contributed by atoms with Crippen LogP contribution in [0.2, 0.25) is 0 Å². The quantitative estimate of drug-likeness (QED) is 0.947. The minimum atomic E-state index is -3.33. The number of amides is 1. The van der Waals surface area contributed by atoms with E-state index in [2.05, 4.69) is 5.32 Å². The Morgan fingerprint density at radius 1 is 1.21 bits per heavy atom. The van der Waals surface area contributed by atoms with Crippen LogP contribution < -0.4 is 5.32 Å². The maximum atomic E-state index is 12.1. The Bertz CT molecular complexity index is 717. The summed E-state index contributed by atoms with van der Waals surface area (Å²) in [6.07, 6.45) is 1.12. The maximum Gasteiger partial charge on any atom is 0.256 e. The molecular weight excluding hydrogens is 282 g/mol. The van der Waals surface area contributed by atoms with Gasteiger partial charge in [-0.25, -0.2) is 8.42 Å². The molecule has 100 valence electrons. The highest BCUT2D eigenvalue weighted by atomic mass is 32.2. The summed E-state index contributed by atoms with van der Waals surface area (Å²) in [6, 6.07) is 8.65. The molecule has 6 heteroatoms. The normalized spacial score (nSPS) is 11.3. The number of rotatable bonds is 3. The maximum absolute atomic E-state index is 12.1. The molecule has 1 heterocycles. The molecule has 2 aromatic rings. The van der Waals surface area contributed by atoms with Crippen LogP contribution in [0.4, 0.5) is 5.00 Å². The molecule has 0 unspecified atom stereocenters. The fourth-order valence-corrected chi connectivity index (χ4v) is 3.74. The van der Waals surface area contributed by atoms with E-state index in [4.69, 9.17) is 0 Å². The highest BCUT2D eigenvalue weighted by Gasteiger charge is 2.17. The number of carbonyl (C=O) groups excluding carboxylic acids is 1. The van der Waals surface area contributed by atoms with Crippen molar-refractivity contribution < 1.29 is 13.2 Å². The second kappa shape index (κ2) is 5.14. The van der Waals surface area contributed by atoms with Gasteiger partial charge < -0.3 is 5.32 Å². The van der Waals surface area contributed by atoms with Gasteiger partial charge in [-0.1, -0.05) is 18.2 Å². The lowest BCUT2D eigenvalue weighted by Gasteiger charge is -2.07. The minimum absolute atomic E-state index is 0.152. The van der Waals surface area contributed by atoms with Crippen LogP contribution in [-0.2, 0) is 9.84 Å². The van der Waals surface area contributed by atoms with Crippen molar-refractivity contribution >= 4 is 32.1 Å². The van der Waals surface area contributed by atoms with Crippen LogP contribution in [0.5, 0.6) is 0 Å². The average molecular weight is 295 g/mol. The number of benzene rings is 1. The van der Waals surface area contributed by atoms with Gasteiger partial charge in [0, 0.05) is 11.8 Å². The van der Waals surface area contributed by atoms with E-state index in [1.165, 1.54) is 17.4 Å². The number of thiophene rings is 1. The van der Waals surface area contributed by atoms with Crippen LogP contribution in [-0.4, -0.2) is 20.6 Å². The standard InChI is InChI=1S/C13H13NO3S2/c1-9-5-3-4-6-10(9)12(15)14-13-11(7-8-18-13)19(2,16)17/h3-8H,1-2H3,(H,14,15). The third-order valence-electron chi connectivity index (χ3n) is 2.65. The first-order valence-corrected chi connectivity index (χ1v) is 8.31. The Morgan fingerprint density at radius 3 is 2.53 bits per heavy atom. The first-order valence-electron chi connectivity index (χ1n) is 5.54. The molecule has 0 saturated heterocycles. The van der Waals surface area contributed by atoms with Crippen LogP contribution in [0.1, 0.15) is 15.9 Å². The summed E-state index contributed by atoms with van der Waals surface area (Å²) in [7, 11) is -3.33. The highest BCUT2D eigenvalue weighted by molar-refractivity contribution is 7.91. The van der Waals surface area contributed by atoms with E-state index in [0.717, 1.165) is 11.8 Å². The Morgan fingerprint density at radius 2 is 1.89 bits per heavy atom. The molecular formula is C13H13NO3S2. The summed E-state index contributed by atoms with van der Waals surface area (Å²) in [5.41, 5.74) is 1.38. The summed E-state index contributed by atoms with van der Waals surface area (Å²) < 4.78 is 23.1. The largest absolute Gasteiger partial charge is 0.312 e. The smallest absolute Gasteiger partial charge is 0.256 e. The van der Waals surface area contributed by atoms with E-state index in [1.807, 2.05) is 19.1 Å². The van der Waals surface area contributed by atoms with E-state index in [9.17, 15) is 13.2 Å². The molecule has 0 saturated carbocycles. The van der Waals surface area contributed by atoms with E-state index in [1.54, 1.807) is 17.5 Å². The van der Waals surface area contributed by atoms with Crippen molar-refractivity contribution in [3.63, 3.8) is 0 Å². The van der Waals surface area contributed by atoms with Crippen LogP contribution >= 0.6 is 11.3 Å². The van der Waals surface area contributed by atoms with Gasteiger partial charge in [0.15, 0.2) is 9.84 Å². The first-order chi connectivity index (χ1) is 8.89. The molecule has 0 aliphatic carbocycles. The monoisotopic (exact) mass is 295 g/mol. The van der Waals surface area contributed by atoms with Gasteiger partial charge in [0.2, 0.25) is 0 Å². The number of hydrogen-bond acceptors (Lipinski definition) is 4. The zero-order chi connectivity index (χ0) is 14.0. The van der Waals surface area contributed by atoms with Gasteiger partial charge in [-0.2, -0.15) is 0 Å². The molecule has 1 N–H and O–H groups in total. The minimum Gasteiger partial charge on any atom is -0.312 e. The van der Waals surface area contributed by atoms with Crippen molar-refractivity contribution in [1.29, 1.82) is 0 Å². The van der Waals surface area contributed by atoms with Crippen molar-refractivity contribution in [2.45, 2.75) is 11.8 Å². The summed E-state index contributed by atoms with van der Waals surface area (Å²) in [4.78, 5) is 12.3. The third-order valence-corrected chi connectivity index (χ3v) is 4.74. The molecule has 1 aromatic carbocycles. The number of hydrogen-bond donors (Lipinski definition) is 1. The van der Waals surface area contributed by atoms with Crippen LogP contribution in [0.25, 0.3) is 0 Å². The van der Waals surface area contributed by atoms with Crippen LogP contribution in [0, 0.1) is 6.92 Å². The first kappa shape index (κ1) is 13.8. The lowest BCUT2D eigenvalue weighted by Crippen LogP contribution is -2.14. The molecule has 2 rings (SSSR count). The van der Waals surface area contributed by atoms with Crippen molar-refractivity contribution in [3.8, 4) is 0 Å². The molecule has 0 atom stereocenters. The van der Waals surface area contributed by atoms with Crippen molar-refractivity contribution in [2.24, 2.45) is 0 Å². The van der Waals surface area contributed by atoms with E-state index >= 15 is 0 Å². The van der Waals surface area contributed by atoms with E-state index < -0.39 is 9.84 Å². The number of nitrogens with one attached hydrogen (secondary N) is 1. The Labute approximate surface area is 116 Å². The van der Waals surface area contributed by atoms with Gasteiger partial charge in [-0.3, -0.25) is 4.79 Å². The predicted octanol–water partition coefficient (Wildman–Crippen LogP) is 2.71. The number of carbonyl (C=O) groups is 1. The fourth-order valence-electron chi connectivity index (χ4n) is 1.68. The van der Waals surface area contributed by atoms with Crippen LogP contribution in [0.3, 0.4) is 0 Å². The lowest BCUT2D eigenvalue weighted by molar-refractivity contribution is 0.102. The second-order valence-electron chi connectivity index (χ2n) is 4.16. The Hall–Kier alpha value is -1.66. The summed E-state index contributed by atoms with van der Waals surface area (Å²) in [5, 5.41) is 4.65. The topological polar surface area (TPSA) is 63.2 Å². The Kier molecular flexibility index (Phi) is 3.73. The molecule has 0 bridgehead atoms. The predicted molar refractivity (Wildman–Crippen MR) is 76.6 cm³/mol. The number of aryl methyl sites for hydroxylation is 1. The zero-order valence-electron chi connectivity index (χ0n) is 10.5. The molecule has 0 spiro atoms. The van der Waals surface area contributed by atoms with E-state index in [0.29, 0.717) is 10.6 Å². The van der Waals surface area contributed by atoms with Crippen molar-refractivity contribution in [2.75, 3.05) is 11.6 Å². The number of anilines is 1. The summed E-state index contributed by atoms with van der Waals surface area (Å²) in [5.74, 6) is -0.301. The lowest BCUT2D eigenvalue weighted by atomic mass is 10.1. The summed E-state index contributed by atoms with van der Waals surface area (Å²) in [6.45, 7) is 1.83. The number of sulfone groups is 1. The molecule has 19 heavy (non-hydrogen) atoms. The fraction of sp³-hybridized carbons (Fsp3) is 0.154. The van der Waals surface area contributed by atoms with Gasteiger partial charge >= 0.3 is 0 Å². The summed E-state index contributed by atoms with van der Waals surface area (Å²) >= 11 is 1.19. The third kappa shape index (κ3) is 3.02. The van der Waals surface area contributed by atoms with Gasteiger partial charge in [-0.15, -0.1) is 11.3 Å². The molecule has 0 aliphatic heterocycles. The van der Waals surface area contributed by atoms with E-state index in [-0.39, 0.29) is 10.8 Å². The second-order valence-corrected chi connectivity index (χ2v) is 7.06. The molecule has 4 nitrogen and oxygen atoms in total. The van der Waals surface area contributed by atoms with Gasteiger partial charge in [0.05, 0.1) is 0 Å².